The van der Waals surface area contributed by atoms with Crippen LogP contribution in [0.3, 0.4) is 0 Å². The third kappa shape index (κ3) is 4.54. The average Bonchev–Trinajstić information content (AvgIpc) is 3.19. The van der Waals surface area contributed by atoms with E-state index >= 15 is 0 Å². The summed E-state index contributed by atoms with van der Waals surface area (Å²) in [6, 6.07) is 8.45. The van der Waals surface area contributed by atoms with Crippen LogP contribution in [0, 0.1) is 17.2 Å². The Morgan fingerprint density at radius 1 is 1.25 bits per heavy atom. The van der Waals surface area contributed by atoms with Crippen molar-refractivity contribution in [2.45, 2.75) is 43.5 Å². The van der Waals surface area contributed by atoms with Crippen LogP contribution in [0.1, 0.15) is 38.2 Å². The Morgan fingerprint density at radius 3 is 2.54 bits per heavy atom. The lowest BCUT2D eigenvalue weighted by molar-refractivity contribution is -0.909. The number of quaternary nitrogens is 1. The van der Waals surface area contributed by atoms with Gasteiger partial charge in [-0.3, -0.25) is 4.79 Å². The van der Waals surface area contributed by atoms with E-state index in [4.69, 9.17) is 5.26 Å². The molecular weight excluding hydrogens is 376 g/mol. The molecule has 7 nitrogen and oxygen atoms in total. The number of sulfonamides is 1. The first-order valence-electron chi connectivity index (χ1n) is 10.1. The molecular formula is C20H29N4O3S+. The standard InChI is InChI=1S/C20H28N4O3S/c1-2-23-11-3-4-18(23)15-22-20(25)17-9-12-24(13-10-17)28(26,27)19-7-5-16(14-21)6-8-19/h5-8,17-18H,2-4,9-13,15H2,1H3,(H,22,25)/p+1/t18-/m0/s1. The Balaban J connectivity index is 1.52. The normalized spacial score (nSPS) is 24.0. The molecule has 2 aliphatic rings. The lowest BCUT2D eigenvalue weighted by Crippen LogP contribution is -3.14. The van der Waals surface area contributed by atoms with Crippen LogP contribution in [-0.4, -0.2) is 57.4 Å². The van der Waals surface area contributed by atoms with Crippen molar-refractivity contribution < 1.29 is 18.1 Å². The maximum Gasteiger partial charge on any atom is 0.243 e. The van der Waals surface area contributed by atoms with Gasteiger partial charge in [0, 0.05) is 31.8 Å². The lowest BCUT2D eigenvalue weighted by atomic mass is 9.97. The second-order valence-electron chi connectivity index (χ2n) is 7.66. The molecule has 1 aromatic rings. The van der Waals surface area contributed by atoms with E-state index in [1.807, 2.05) is 6.07 Å². The zero-order chi connectivity index (χ0) is 20.1. The molecule has 2 aliphatic heterocycles. The van der Waals surface area contributed by atoms with E-state index in [-0.39, 0.29) is 16.7 Å². The zero-order valence-electron chi connectivity index (χ0n) is 16.4. The average molecular weight is 406 g/mol. The molecule has 0 aromatic heterocycles. The molecule has 8 heteroatoms. The van der Waals surface area contributed by atoms with Crippen molar-refractivity contribution in [3.05, 3.63) is 29.8 Å². The molecule has 2 fully saturated rings. The van der Waals surface area contributed by atoms with E-state index in [9.17, 15) is 13.2 Å². The van der Waals surface area contributed by atoms with E-state index in [0.717, 1.165) is 13.0 Å². The third-order valence-electron chi connectivity index (χ3n) is 6.05. The number of hydrogen-bond donors (Lipinski definition) is 2. The van der Waals surface area contributed by atoms with Crippen LogP contribution in [0.15, 0.2) is 29.2 Å². The smallest absolute Gasteiger partial charge is 0.243 e. The maximum absolute atomic E-state index is 12.8. The number of nitrogens with zero attached hydrogens (tertiary/aromatic N) is 2. The molecule has 2 N–H and O–H groups in total. The number of amides is 1. The molecule has 0 aliphatic carbocycles. The van der Waals surface area contributed by atoms with Crippen molar-refractivity contribution in [3.63, 3.8) is 0 Å². The van der Waals surface area contributed by atoms with Gasteiger partial charge in [-0.1, -0.05) is 0 Å². The van der Waals surface area contributed by atoms with Gasteiger partial charge in [0.25, 0.3) is 0 Å². The minimum Gasteiger partial charge on any atom is -0.350 e. The Kier molecular flexibility index (Phi) is 6.70. The van der Waals surface area contributed by atoms with Gasteiger partial charge in [0.15, 0.2) is 0 Å². The fourth-order valence-electron chi connectivity index (χ4n) is 4.27. The van der Waals surface area contributed by atoms with Crippen molar-refractivity contribution in [1.82, 2.24) is 9.62 Å². The topological polar surface area (TPSA) is 94.7 Å². The number of piperidine rings is 1. The first kappa shape index (κ1) is 20.8. The Hall–Kier alpha value is -1.95. The highest BCUT2D eigenvalue weighted by molar-refractivity contribution is 7.89. The predicted octanol–water partition coefficient (Wildman–Crippen LogP) is 0.142. The Morgan fingerprint density at radius 2 is 1.93 bits per heavy atom. The molecule has 28 heavy (non-hydrogen) atoms. The molecule has 152 valence electrons. The summed E-state index contributed by atoms with van der Waals surface area (Å²) in [7, 11) is -3.58. The van der Waals surface area contributed by atoms with Crippen molar-refractivity contribution >= 4 is 15.9 Å². The molecule has 1 amide bonds. The first-order chi connectivity index (χ1) is 13.5. The van der Waals surface area contributed by atoms with Crippen LogP contribution in [0.25, 0.3) is 0 Å². The number of carbonyl (C=O) groups is 1. The number of hydrogen-bond acceptors (Lipinski definition) is 4. The number of carbonyl (C=O) groups excluding carboxylic acids is 1. The molecule has 0 bridgehead atoms. The largest absolute Gasteiger partial charge is 0.350 e. The van der Waals surface area contributed by atoms with Gasteiger partial charge < -0.3 is 10.2 Å². The van der Waals surface area contributed by atoms with Gasteiger partial charge in [0.05, 0.1) is 36.2 Å². The Labute approximate surface area is 167 Å². The van der Waals surface area contributed by atoms with Crippen LogP contribution in [0.2, 0.25) is 0 Å². The van der Waals surface area contributed by atoms with Gasteiger partial charge in [0.1, 0.15) is 6.04 Å². The van der Waals surface area contributed by atoms with Gasteiger partial charge >= 0.3 is 0 Å². The maximum atomic E-state index is 12.8. The van der Waals surface area contributed by atoms with E-state index in [0.29, 0.717) is 44.1 Å². The summed E-state index contributed by atoms with van der Waals surface area (Å²) in [4.78, 5) is 14.3. The van der Waals surface area contributed by atoms with Gasteiger partial charge in [0.2, 0.25) is 15.9 Å². The lowest BCUT2D eigenvalue weighted by Gasteiger charge is -2.31. The summed E-state index contributed by atoms with van der Waals surface area (Å²) in [6.07, 6.45) is 3.45. The predicted molar refractivity (Wildman–Crippen MR) is 105 cm³/mol. The van der Waals surface area contributed by atoms with E-state index in [1.165, 1.54) is 41.5 Å². The van der Waals surface area contributed by atoms with Crippen molar-refractivity contribution in [2.75, 3.05) is 32.7 Å². The van der Waals surface area contributed by atoms with Crippen molar-refractivity contribution in [2.24, 2.45) is 5.92 Å². The summed E-state index contributed by atoms with van der Waals surface area (Å²) in [6.45, 7) is 5.85. The number of benzene rings is 1. The van der Waals surface area contributed by atoms with Crippen LogP contribution in [-0.2, 0) is 14.8 Å². The summed E-state index contributed by atoms with van der Waals surface area (Å²) in [5.41, 5.74) is 0.431. The Bertz CT molecular complexity index is 824. The van der Waals surface area contributed by atoms with Crippen LogP contribution in [0.5, 0.6) is 0 Å². The number of nitriles is 1. The number of likely N-dealkylation sites (N-methyl/N-ethyl adjacent to an activating group) is 1. The number of likely N-dealkylation sites (tertiary alicyclic amines) is 1. The molecule has 0 spiro atoms. The van der Waals surface area contributed by atoms with Gasteiger partial charge in [-0.2, -0.15) is 9.57 Å². The van der Waals surface area contributed by atoms with Crippen molar-refractivity contribution in [3.8, 4) is 6.07 Å². The summed E-state index contributed by atoms with van der Waals surface area (Å²) < 4.78 is 27.0. The molecule has 2 saturated heterocycles. The quantitative estimate of drug-likeness (QED) is 0.704. The highest BCUT2D eigenvalue weighted by Crippen LogP contribution is 2.24. The SMILES string of the molecule is CC[NH+]1CCC[C@H]1CNC(=O)C1CCN(S(=O)(=O)c2ccc(C#N)cc2)CC1. The van der Waals surface area contributed by atoms with Crippen molar-refractivity contribution in [1.29, 1.82) is 5.26 Å². The molecule has 0 radical (unpaired) electrons. The first-order valence-corrected chi connectivity index (χ1v) is 11.5. The summed E-state index contributed by atoms with van der Waals surface area (Å²) in [5, 5.41) is 12.0. The molecule has 1 aromatic carbocycles. The summed E-state index contributed by atoms with van der Waals surface area (Å²) >= 11 is 0. The monoisotopic (exact) mass is 405 g/mol. The number of nitrogens with one attached hydrogen (secondary N) is 2. The van der Waals surface area contributed by atoms with Gasteiger partial charge in [-0.25, -0.2) is 8.42 Å². The van der Waals surface area contributed by atoms with Gasteiger partial charge in [-0.15, -0.1) is 0 Å². The third-order valence-corrected chi connectivity index (χ3v) is 7.96. The number of rotatable bonds is 6. The van der Waals surface area contributed by atoms with E-state index < -0.39 is 10.0 Å². The molecule has 0 saturated carbocycles. The molecule has 1 unspecified atom stereocenters. The highest BCUT2D eigenvalue weighted by atomic mass is 32.2. The van der Waals surface area contributed by atoms with Gasteiger partial charge in [-0.05, 0) is 44.0 Å². The fourth-order valence-corrected chi connectivity index (χ4v) is 5.74. The molecule has 3 rings (SSSR count). The van der Waals surface area contributed by atoms with Crippen LogP contribution >= 0.6 is 0 Å². The molecule has 2 atom stereocenters. The van der Waals surface area contributed by atoms with E-state index in [1.54, 1.807) is 4.90 Å². The second kappa shape index (κ2) is 9.03. The highest BCUT2D eigenvalue weighted by Gasteiger charge is 2.33. The second-order valence-corrected chi connectivity index (χ2v) is 9.60. The minimum absolute atomic E-state index is 0.0535. The minimum atomic E-state index is -3.58. The van der Waals surface area contributed by atoms with E-state index in [2.05, 4.69) is 12.2 Å². The molecule has 2 heterocycles. The van der Waals surface area contributed by atoms with Crippen LogP contribution < -0.4 is 10.2 Å². The van der Waals surface area contributed by atoms with Crippen LogP contribution in [0.4, 0.5) is 0 Å². The zero-order valence-corrected chi connectivity index (χ0v) is 17.2. The summed E-state index contributed by atoms with van der Waals surface area (Å²) in [5.74, 6) is -0.0725. The fraction of sp³-hybridized carbons (Fsp3) is 0.600.